The summed E-state index contributed by atoms with van der Waals surface area (Å²) in [6.07, 6.45) is 8.46. The molecule has 0 unspecified atom stereocenters. The lowest BCUT2D eigenvalue weighted by Gasteiger charge is -2.28. The second kappa shape index (κ2) is 11.9. The number of hydrogen-bond donors (Lipinski definition) is 1. The Kier molecular flexibility index (Phi) is 7.93. The Morgan fingerprint density at radius 2 is 1.81 bits per heavy atom. The Morgan fingerprint density at radius 3 is 2.52 bits per heavy atom. The summed E-state index contributed by atoms with van der Waals surface area (Å²) in [5, 5.41) is 10.4. The first-order valence-electron chi connectivity index (χ1n) is 14.7. The van der Waals surface area contributed by atoms with Crippen LogP contribution in [0.2, 0.25) is 0 Å². The second-order valence-electron chi connectivity index (χ2n) is 11.2. The quantitative estimate of drug-likeness (QED) is 0.273. The lowest BCUT2D eigenvalue weighted by atomic mass is 9.83. The Labute approximate surface area is 244 Å². The van der Waals surface area contributed by atoms with Gasteiger partial charge in [0, 0.05) is 37.2 Å². The first kappa shape index (κ1) is 27.9. The topological polar surface area (TPSA) is 111 Å². The predicted octanol–water partition coefficient (Wildman–Crippen LogP) is 5.98. The molecule has 1 aromatic carbocycles. The number of aryl methyl sites for hydroxylation is 2. The molecule has 2 fully saturated rings. The van der Waals surface area contributed by atoms with Gasteiger partial charge in [0.05, 0.1) is 30.1 Å². The van der Waals surface area contributed by atoms with Crippen molar-refractivity contribution in [1.82, 2.24) is 19.4 Å². The molecule has 6 rings (SSSR count). The van der Waals surface area contributed by atoms with Crippen molar-refractivity contribution in [2.45, 2.75) is 58.4 Å². The number of rotatable bonds is 7. The number of aromatic nitrogens is 3. The number of amides is 1. The molecule has 9 nitrogen and oxygen atoms in total. The van der Waals surface area contributed by atoms with Crippen LogP contribution < -0.4 is 0 Å². The van der Waals surface area contributed by atoms with Crippen LogP contribution in [0, 0.1) is 13.8 Å². The number of fused-ring (bicyclic) bond motifs is 1. The van der Waals surface area contributed by atoms with Crippen LogP contribution in [0.5, 0.6) is 0 Å². The molecule has 1 amide bonds. The number of benzene rings is 1. The van der Waals surface area contributed by atoms with Crippen LogP contribution in [0.1, 0.15) is 60.9 Å². The number of hydrogen-bond acceptors (Lipinski definition) is 6. The fourth-order valence-electron chi connectivity index (χ4n) is 6.32. The molecule has 0 radical (unpaired) electrons. The molecule has 1 aliphatic heterocycles. The van der Waals surface area contributed by atoms with Crippen LogP contribution in [0.15, 0.2) is 46.9 Å². The van der Waals surface area contributed by atoms with E-state index in [0.29, 0.717) is 43.9 Å². The van der Waals surface area contributed by atoms with E-state index in [1.54, 1.807) is 6.08 Å². The van der Waals surface area contributed by atoms with Gasteiger partial charge in [-0.25, -0.2) is 14.8 Å². The third-order valence-corrected chi connectivity index (χ3v) is 8.36. The van der Waals surface area contributed by atoms with Crippen molar-refractivity contribution < 1.29 is 23.8 Å². The van der Waals surface area contributed by atoms with E-state index in [4.69, 9.17) is 14.1 Å². The molecule has 4 aromatic rings. The molecule has 218 valence electrons. The first-order chi connectivity index (χ1) is 20.4. The summed E-state index contributed by atoms with van der Waals surface area (Å²) >= 11 is 0. The smallest absolute Gasteiger partial charge is 0.328 e. The van der Waals surface area contributed by atoms with Crippen LogP contribution in [0.25, 0.3) is 39.7 Å². The van der Waals surface area contributed by atoms with Crippen LogP contribution in [-0.2, 0) is 20.9 Å². The highest BCUT2D eigenvalue weighted by Gasteiger charge is 2.27. The molecule has 3 aromatic heterocycles. The Hall–Kier alpha value is -4.24. The highest BCUT2D eigenvalue weighted by Crippen LogP contribution is 2.41. The summed E-state index contributed by atoms with van der Waals surface area (Å²) in [4.78, 5) is 36.1. The van der Waals surface area contributed by atoms with Crippen LogP contribution in [-0.4, -0.2) is 62.7 Å². The number of oxazole rings is 1. The molecular weight excluding hydrogens is 532 g/mol. The maximum absolute atomic E-state index is 13.5. The fraction of sp³-hybridized carbons (Fsp3) is 0.394. The predicted molar refractivity (Wildman–Crippen MR) is 160 cm³/mol. The third kappa shape index (κ3) is 5.74. The molecule has 2 aliphatic rings. The average molecular weight is 569 g/mol. The van der Waals surface area contributed by atoms with E-state index >= 15 is 0 Å². The van der Waals surface area contributed by atoms with Crippen molar-refractivity contribution in [3.05, 3.63) is 65.3 Å². The zero-order valence-corrected chi connectivity index (χ0v) is 24.1. The molecule has 1 N–H and O–H groups in total. The Balaban J connectivity index is 1.46. The number of carboxylic acids is 1. The van der Waals surface area contributed by atoms with Crippen molar-refractivity contribution in [2.24, 2.45) is 0 Å². The number of carbonyl (C=O) groups is 2. The van der Waals surface area contributed by atoms with Gasteiger partial charge in [-0.05, 0) is 67.2 Å². The zero-order chi connectivity index (χ0) is 29.2. The van der Waals surface area contributed by atoms with Crippen molar-refractivity contribution >= 4 is 28.9 Å². The average Bonchev–Trinajstić information content (AvgIpc) is 3.54. The van der Waals surface area contributed by atoms with Gasteiger partial charge in [0.2, 0.25) is 5.91 Å². The number of pyridine rings is 1. The minimum Gasteiger partial charge on any atom is -0.478 e. The molecule has 0 bridgehead atoms. The largest absolute Gasteiger partial charge is 0.478 e. The van der Waals surface area contributed by atoms with E-state index in [2.05, 4.69) is 23.2 Å². The van der Waals surface area contributed by atoms with Gasteiger partial charge in [0.1, 0.15) is 12.2 Å². The van der Waals surface area contributed by atoms with E-state index in [1.165, 1.54) is 12.0 Å². The maximum Gasteiger partial charge on any atom is 0.328 e. The van der Waals surface area contributed by atoms with Crippen molar-refractivity contribution in [2.75, 3.05) is 26.3 Å². The molecule has 1 saturated heterocycles. The van der Waals surface area contributed by atoms with Gasteiger partial charge in [-0.2, -0.15) is 0 Å². The van der Waals surface area contributed by atoms with Crippen LogP contribution in [0.4, 0.5) is 0 Å². The minimum absolute atomic E-state index is 0.000127. The van der Waals surface area contributed by atoms with Gasteiger partial charge in [0.25, 0.3) is 0 Å². The maximum atomic E-state index is 13.5. The van der Waals surface area contributed by atoms with Gasteiger partial charge >= 0.3 is 5.97 Å². The summed E-state index contributed by atoms with van der Waals surface area (Å²) in [5.41, 5.74) is 6.22. The summed E-state index contributed by atoms with van der Waals surface area (Å²) < 4.78 is 13.3. The van der Waals surface area contributed by atoms with E-state index in [-0.39, 0.29) is 12.5 Å². The molecular formula is C33H36N4O5. The lowest BCUT2D eigenvalue weighted by Crippen LogP contribution is -2.42. The number of carboxylic acid groups (broad SMARTS) is 1. The number of nitrogens with zero attached hydrogens (tertiary/aromatic N) is 4. The van der Waals surface area contributed by atoms with Gasteiger partial charge < -0.3 is 23.7 Å². The number of aliphatic carboxylic acids is 1. The SMILES string of the molecule is Cc1nc(C)c(-c2ccc3cc(-c4c(C5CCCCC5)cc(C=CC(=O)O)n4CC(=O)N4CCOCC4)ccc3n2)o1. The highest BCUT2D eigenvalue weighted by atomic mass is 16.5. The fourth-order valence-corrected chi connectivity index (χ4v) is 6.32. The van der Waals surface area contributed by atoms with Crippen LogP contribution in [0.3, 0.4) is 0 Å². The highest BCUT2D eigenvalue weighted by molar-refractivity contribution is 5.89. The van der Waals surface area contributed by atoms with E-state index in [0.717, 1.165) is 71.0 Å². The molecule has 1 saturated carbocycles. The Bertz CT molecular complexity index is 1650. The van der Waals surface area contributed by atoms with Gasteiger partial charge in [-0.3, -0.25) is 4.79 Å². The molecule has 4 heterocycles. The van der Waals surface area contributed by atoms with Crippen molar-refractivity contribution in [3.8, 4) is 22.7 Å². The normalized spacial score (nSPS) is 16.5. The van der Waals surface area contributed by atoms with Gasteiger partial charge in [-0.15, -0.1) is 0 Å². The van der Waals surface area contributed by atoms with E-state index in [1.807, 2.05) is 41.5 Å². The van der Waals surface area contributed by atoms with Gasteiger partial charge in [-0.1, -0.05) is 31.4 Å². The molecule has 9 heteroatoms. The molecule has 0 atom stereocenters. The number of ether oxygens (including phenoxy) is 1. The van der Waals surface area contributed by atoms with Crippen molar-refractivity contribution in [3.63, 3.8) is 0 Å². The molecule has 0 spiro atoms. The summed E-state index contributed by atoms with van der Waals surface area (Å²) in [6.45, 7) is 6.02. The number of morpholine rings is 1. The van der Waals surface area contributed by atoms with Crippen LogP contribution >= 0.6 is 0 Å². The second-order valence-corrected chi connectivity index (χ2v) is 11.2. The standard InChI is InChI=1S/C33H36N4O5/c1-21-33(42-22(2)34-21)29-12-8-24-18-25(9-11-28(24)35-29)32-27(23-6-4-3-5-7-23)19-26(10-13-31(39)40)37(32)20-30(38)36-14-16-41-17-15-36/h8-13,18-19,23H,3-7,14-17,20H2,1-2H3,(H,39,40). The lowest BCUT2D eigenvalue weighted by molar-refractivity contribution is -0.136. The monoisotopic (exact) mass is 568 g/mol. The summed E-state index contributed by atoms with van der Waals surface area (Å²) in [7, 11) is 0. The number of carbonyl (C=O) groups excluding carboxylic acids is 1. The minimum atomic E-state index is -1.02. The summed E-state index contributed by atoms with van der Waals surface area (Å²) in [6, 6.07) is 12.3. The van der Waals surface area contributed by atoms with E-state index in [9.17, 15) is 14.7 Å². The third-order valence-electron chi connectivity index (χ3n) is 8.36. The zero-order valence-electron chi connectivity index (χ0n) is 24.1. The Morgan fingerprint density at radius 1 is 1.02 bits per heavy atom. The van der Waals surface area contributed by atoms with Crippen molar-refractivity contribution in [1.29, 1.82) is 0 Å². The molecule has 1 aliphatic carbocycles. The molecule has 42 heavy (non-hydrogen) atoms. The first-order valence-corrected chi connectivity index (χ1v) is 14.7. The summed E-state index contributed by atoms with van der Waals surface area (Å²) in [5.74, 6) is 0.603. The van der Waals surface area contributed by atoms with E-state index < -0.39 is 5.97 Å². The van der Waals surface area contributed by atoms with Gasteiger partial charge in [0.15, 0.2) is 11.7 Å².